The van der Waals surface area contributed by atoms with E-state index in [1.807, 2.05) is 43.3 Å². The number of hydrogen-bond donors (Lipinski definition) is 1. The molecule has 3 aliphatic rings. The molecule has 5 rings (SSSR count). The number of thioether (sulfide) groups is 2. The van der Waals surface area contributed by atoms with Crippen molar-refractivity contribution < 1.29 is 14.3 Å². The van der Waals surface area contributed by atoms with E-state index in [0.29, 0.717) is 32.5 Å². The second-order valence-corrected chi connectivity index (χ2v) is 10.2. The Labute approximate surface area is 195 Å². The summed E-state index contributed by atoms with van der Waals surface area (Å²) < 4.78 is 5.34. The number of hydrogen-bond acceptors (Lipinski definition) is 7. The lowest BCUT2D eigenvalue weighted by Crippen LogP contribution is -2.24. The maximum absolute atomic E-state index is 12.7. The van der Waals surface area contributed by atoms with Crippen molar-refractivity contribution in [3.05, 3.63) is 57.6 Å². The normalized spacial score (nSPS) is 25.5. The number of fused-ring (bicyclic) bond motifs is 2. The molecule has 2 aromatic rings. The number of aromatic nitrogens is 1. The second-order valence-electron chi connectivity index (χ2n) is 7.92. The molecule has 1 N–H and O–H groups in total. The number of pyridine rings is 1. The number of ether oxygens (including phenoxy) is 1. The van der Waals surface area contributed by atoms with E-state index in [-0.39, 0.29) is 17.8 Å². The Balaban J connectivity index is 1.42. The molecule has 1 aromatic heterocycles. The molecule has 1 saturated carbocycles. The zero-order valence-electron chi connectivity index (χ0n) is 17.7. The number of rotatable bonds is 4. The van der Waals surface area contributed by atoms with Gasteiger partial charge >= 0.3 is 5.97 Å². The van der Waals surface area contributed by atoms with E-state index in [4.69, 9.17) is 9.73 Å². The van der Waals surface area contributed by atoms with Gasteiger partial charge in [0, 0.05) is 22.8 Å². The van der Waals surface area contributed by atoms with Crippen LogP contribution < -0.4 is 5.32 Å². The minimum atomic E-state index is -0.274. The maximum Gasteiger partial charge on any atom is 0.337 e. The number of nitrogens with one attached hydrogen (secondary N) is 1. The highest BCUT2D eigenvalue weighted by atomic mass is 32.2. The predicted molar refractivity (Wildman–Crippen MR) is 130 cm³/mol. The van der Waals surface area contributed by atoms with Crippen LogP contribution >= 0.6 is 23.5 Å². The minimum absolute atomic E-state index is 0.182. The molecule has 2 fully saturated rings. The Bertz CT molecular complexity index is 1190. The van der Waals surface area contributed by atoms with E-state index < -0.39 is 0 Å². The summed E-state index contributed by atoms with van der Waals surface area (Å²) in [4.78, 5) is 34.9. The number of amides is 1. The van der Waals surface area contributed by atoms with Gasteiger partial charge in [-0.05, 0) is 61.4 Å². The Hall–Kier alpha value is -2.58. The fourth-order valence-corrected chi connectivity index (χ4v) is 6.77. The van der Waals surface area contributed by atoms with Crippen molar-refractivity contribution in [3.63, 3.8) is 0 Å². The standard InChI is InChI=1S/C24H23N3O3S2/c1-2-30-23(29)20-16-7-3-4-8-18(16)31-22(20)27-24-26-21(28)19(32-24)13-14-9-10-17-15(12-14)6-5-11-25-17/h5-6,9-13,16,18H,2-4,7-8H2,1H3,(H,26,27,28)/b19-13+. The molecule has 0 radical (unpaired) electrons. The lowest BCUT2D eigenvalue weighted by Gasteiger charge is -2.25. The lowest BCUT2D eigenvalue weighted by molar-refractivity contribution is -0.139. The second kappa shape index (κ2) is 9.11. The first-order valence-electron chi connectivity index (χ1n) is 10.8. The van der Waals surface area contributed by atoms with Gasteiger partial charge in [0.25, 0.3) is 5.91 Å². The number of esters is 1. The monoisotopic (exact) mass is 465 g/mol. The van der Waals surface area contributed by atoms with Gasteiger partial charge in [0.1, 0.15) is 5.03 Å². The van der Waals surface area contributed by atoms with E-state index in [0.717, 1.165) is 35.7 Å². The van der Waals surface area contributed by atoms with Crippen molar-refractivity contribution in [1.82, 2.24) is 10.3 Å². The van der Waals surface area contributed by atoms with Crippen LogP contribution in [0.2, 0.25) is 0 Å². The first-order chi connectivity index (χ1) is 15.6. The van der Waals surface area contributed by atoms with E-state index in [9.17, 15) is 9.59 Å². The first kappa shape index (κ1) is 21.3. The highest BCUT2D eigenvalue weighted by Crippen LogP contribution is 2.50. The van der Waals surface area contributed by atoms with Gasteiger partial charge < -0.3 is 10.1 Å². The number of benzene rings is 1. The molecule has 3 heterocycles. The van der Waals surface area contributed by atoms with Crippen molar-refractivity contribution in [2.45, 2.75) is 37.9 Å². The Morgan fingerprint density at radius 3 is 3.06 bits per heavy atom. The van der Waals surface area contributed by atoms with Gasteiger partial charge in [0.2, 0.25) is 0 Å². The van der Waals surface area contributed by atoms with E-state index >= 15 is 0 Å². The highest BCUT2D eigenvalue weighted by molar-refractivity contribution is 8.18. The molecule has 2 unspecified atom stereocenters. The molecule has 2 aliphatic heterocycles. The van der Waals surface area contributed by atoms with Crippen LogP contribution in [-0.4, -0.2) is 33.9 Å². The summed E-state index contributed by atoms with van der Waals surface area (Å²) in [5, 5.41) is 5.44. The van der Waals surface area contributed by atoms with Crippen LogP contribution in [0.1, 0.15) is 38.2 Å². The lowest BCUT2D eigenvalue weighted by atomic mass is 9.84. The van der Waals surface area contributed by atoms with Crippen molar-refractivity contribution >= 4 is 57.5 Å². The maximum atomic E-state index is 12.7. The number of carbonyl (C=O) groups excluding carboxylic acids is 2. The molecule has 1 aromatic carbocycles. The third-order valence-electron chi connectivity index (χ3n) is 5.84. The molecular weight excluding hydrogens is 442 g/mol. The van der Waals surface area contributed by atoms with Gasteiger partial charge in [-0.2, -0.15) is 0 Å². The molecule has 6 nitrogen and oxygen atoms in total. The molecule has 2 atom stereocenters. The van der Waals surface area contributed by atoms with Crippen LogP contribution in [-0.2, 0) is 14.3 Å². The minimum Gasteiger partial charge on any atom is -0.463 e. The number of aliphatic imine (C=N–C) groups is 1. The summed E-state index contributed by atoms with van der Waals surface area (Å²) >= 11 is 2.95. The van der Waals surface area contributed by atoms with Crippen LogP contribution in [0.25, 0.3) is 17.0 Å². The Kier molecular flexibility index (Phi) is 6.06. The molecule has 1 amide bonds. The largest absolute Gasteiger partial charge is 0.463 e. The van der Waals surface area contributed by atoms with Gasteiger partial charge in [-0.25, -0.2) is 9.79 Å². The van der Waals surface area contributed by atoms with Crippen molar-refractivity contribution in [1.29, 1.82) is 0 Å². The van der Waals surface area contributed by atoms with Crippen LogP contribution in [0.3, 0.4) is 0 Å². The van der Waals surface area contributed by atoms with Crippen molar-refractivity contribution in [2.24, 2.45) is 10.9 Å². The SMILES string of the molecule is CCOC(=O)C1=C(/N=C2\NC(=O)/C(=C\c3ccc4ncccc4c3)S2)SC2CCCCC12. The predicted octanol–water partition coefficient (Wildman–Crippen LogP) is 4.88. The summed E-state index contributed by atoms with van der Waals surface area (Å²) in [6, 6.07) is 9.80. The fourth-order valence-electron chi connectivity index (χ4n) is 4.38. The number of nitrogens with zero attached hydrogens (tertiary/aromatic N) is 2. The summed E-state index contributed by atoms with van der Waals surface area (Å²) in [7, 11) is 0. The van der Waals surface area contributed by atoms with Gasteiger partial charge in [-0.15, -0.1) is 11.8 Å². The molecule has 0 bridgehead atoms. The Morgan fingerprint density at radius 2 is 2.19 bits per heavy atom. The molecule has 1 saturated heterocycles. The summed E-state index contributed by atoms with van der Waals surface area (Å²) in [5.74, 6) is -0.266. The van der Waals surface area contributed by atoms with E-state index in [1.165, 1.54) is 18.2 Å². The highest BCUT2D eigenvalue weighted by Gasteiger charge is 2.41. The van der Waals surface area contributed by atoms with E-state index in [2.05, 4.69) is 10.3 Å². The molecular formula is C24H23N3O3S2. The van der Waals surface area contributed by atoms with E-state index in [1.54, 1.807) is 18.0 Å². The first-order valence-corrected chi connectivity index (χ1v) is 12.5. The zero-order chi connectivity index (χ0) is 22.1. The van der Waals surface area contributed by atoms with Crippen LogP contribution in [0.15, 0.2) is 57.0 Å². The molecule has 1 aliphatic carbocycles. The smallest absolute Gasteiger partial charge is 0.337 e. The van der Waals surface area contributed by atoms with Gasteiger partial charge in [0.15, 0.2) is 5.17 Å². The average molecular weight is 466 g/mol. The van der Waals surface area contributed by atoms with Crippen LogP contribution in [0, 0.1) is 5.92 Å². The summed E-state index contributed by atoms with van der Waals surface area (Å²) in [5.41, 5.74) is 2.53. The molecule has 0 spiro atoms. The topological polar surface area (TPSA) is 80.6 Å². The molecule has 8 heteroatoms. The number of carbonyl (C=O) groups is 2. The number of amidine groups is 1. The third kappa shape index (κ3) is 4.21. The Morgan fingerprint density at radius 1 is 1.31 bits per heavy atom. The van der Waals surface area contributed by atoms with Gasteiger partial charge in [0.05, 0.1) is 22.6 Å². The van der Waals surface area contributed by atoms with Crippen molar-refractivity contribution in [3.8, 4) is 0 Å². The average Bonchev–Trinajstić information content (AvgIpc) is 3.33. The molecule has 32 heavy (non-hydrogen) atoms. The quantitative estimate of drug-likeness (QED) is 0.512. The van der Waals surface area contributed by atoms with Crippen molar-refractivity contribution in [2.75, 3.05) is 6.61 Å². The molecule has 164 valence electrons. The fraction of sp³-hybridized carbons (Fsp3) is 0.333. The van der Waals surface area contributed by atoms with Crippen LogP contribution in [0.5, 0.6) is 0 Å². The summed E-state index contributed by atoms with van der Waals surface area (Å²) in [6.07, 6.45) is 7.98. The zero-order valence-corrected chi connectivity index (χ0v) is 19.3. The van der Waals surface area contributed by atoms with Gasteiger partial charge in [-0.3, -0.25) is 9.78 Å². The third-order valence-corrected chi connectivity index (χ3v) is 8.15. The summed E-state index contributed by atoms with van der Waals surface area (Å²) in [6.45, 7) is 2.16. The van der Waals surface area contributed by atoms with Crippen LogP contribution in [0.4, 0.5) is 0 Å². The van der Waals surface area contributed by atoms with Gasteiger partial charge in [-0.1, -0.05) is 25.0 Å².